The quantitative estimate of drug-likeness (QED) is 0.640. The summed E-state index contributed by atoms with van der Waals surface area (Å²) in [6.45, 7) is 3.27. The SMILES string of the molecule is CCOc1cc(NC(C)CC(F)(F)F)ccc1[N+](=O)[O-]. The van der Waals surface area contributed by atoms with Crippen molar-refractivity contribution < 1.29 is 22.8 Å². The maximum Gasteiger partial charge on any atom is 0.391 e. The van der Waals surface area contributed by atoms with Gasteiger partial charge in [-0.05, 0) is 19.9 Å². The molecule has 0 aliphatic rings. The number of nitro groups is 1. The first kappa shape index (κ1) is 16.1. The first-order chi connectivity index (χ1) is 9.23. The number of nitrogens with one attached hydrogen (secondary N) is 1. The van der Waals surface area contributed by atoms with E-state index < -0.39 is 23.6 Å². The maximum absolute atomic E-state index is 12.2. The Balaban J connectivity index is 2.86. The molecule has 20 heavy (non-hydrogen) atoms. The zero-order valence-electron chi connectivity index (χ0n) is 11.0. The molecule has 112 valence electrons. The van der Waals surface area contributed by atoms with Crippen LogP contribution in [-0.2, 0) is 0 Å². The molecule has 0 spiro atoms. The lowest BCUT2D eigenvalue weighted by molar-refractivity contribution is -0.385. The van der Waals surface area contributed by atoms with Gasteiger partial charge in [-0.15, -0.1) is 0 Å². The van der Waals surface area contributed by atoms with Crippen LogP contribution in [0.1, 0.15) is 20.3 Å². The number of benzene rings is 1. The standard InChI is InChI=1S/C12H15F3N2O3/c1-3-20-11-6-9(4-5-10(11)17(18)19)16-8(2)7-12(13,14)15/h4-6,8,16H,3,7H2,1-2H3. The summed E-state index contributed by atoms with van der Waals surface area (Å²) in [5, 5.41) is 13.4. The highest BCUT2D eigenvalue weighted by atomic mass is 19.4. The van der Waals surface area contributed by atoms with Crippen LogP contribution < -0.4 is 10.1 Å². The van der Waals surface area contributed by atoms with Gasteiger partial charge in [0, 0.05) is 23.9 Å². The molecule has 1 aromatic rings. The zero-order chi connectivity index (χ0) is 15.3. The number of ether oxygens (including phenoxy) is 1. The normalized spacial score (nSPS) is 12.8. The van der Waals surface area contributed by atoms with Crippen molar-refractivity contribution in [3.8, 4) is 5.75 Å². The summed E-state index contributed by atoms with van der Waals surface area (Å²) in [4.78, 5) is 10.2. The van der Waals surface area contributed by atoms with Crippen molar-refractivity contribution >= 4 is 11.4 Å². The predicted octanol–water partition coefficient (Wildman–Crippen LogP) is 3.75. The van der Waals surface area contributed by atoms with E-state index in [-0.39, 0.29) is 18.0 Å². The highest BCUT2D eigenvalue weighted by Gasteiger charge is 2.30. The van der Waals surface area contributed by atoms with Crippen molar-refractivity contribution in [2.75, 3.05) is 11.9 Å². The number of halogens is 3. The molecule has 5 nitrogen and oxygen atoms in total. The molecule has 1 aromatic carbocycles. The molecule has 0 fully saturated rings. The largest absolute Gasteiger partial charge is 0.487 e. The number of alkyl halides is 3. The Bertz CT molecular complexity index is 478. The van der Waals surface area contributed by atoms with Gasteiger partial charge in [-0.3, -0.25) is 10.1 Å². The highest BCUT2D eigenvalue weighted by molar-refractivity contribution is 5.58. The molecule has 1 atom stereocenters. The second-order valence-electron chi connectivity index (χ2n) is 4.24. The van der Waals surface area contributed by atoms with Crippen LogP contribution in [0.2, 0.25) is 0 Å². The summed E-state index contributed by atoms with van der Waals surface area (Å²) >= 11 is 0. The van der Waals surface area contributed by atoms with E-state index in [2.05, 4.69) is 5.32 Å². The molecule has 0 saturated heterocycles. The Morgan fingerprint density at radius 2 is 2.10 bits per heavy atom. The zero-order valence-corrected chi connectivity index (χ0v) is 11.0. The van der Waals surface area contributed by atoms with Gasteiger partial charge in [-0.2, -0.15) is 13.2 Å². The van der Waals surface area contributed by atoms with E-state index in [1.54, 1.807) is 6.92 Å². The first-order valence-electron chi connectivity index (χ1n) is 5.97. The highest BCUT2D eigenvalue weighted by Crippen LogP contribution is 2.31. The summed E-state index contributed by atoms with van der Waals surface area (Å²) in [7, 11) is 0. The van der Waals surface area contributed by atoms with E-state index in [9.17, 15) is 23.3 Å². The topological polar surface area (TPSA) is 64.4 Å². The van der Waals surface area contributed by atoms with Gasteiger partial charge in [-0.1, -0.05) is 0 Å². The molecule has 8 heteroatoms. The smallest absolute Gasteiger partial charge is 0.391 e. The minimum absolute atomic E-state index is 0.0294. The average molecular weight is 292 g/mol. The Labute approximate surface area is 113 Å². The summed E-state index contributed by atoms with van der Waals surface area (Å²) < 4.78 is 41.8. The second-order valence-corrected chi connectivity index (χ2v) is 4.24. The monoisotopic (exact) mass is 292 g/mol. The third-order valence-electron chi connectivity index (χ3n) is 2.41. The van der Waals surface area contributed by atoms with Crippen LogP contribution in [0.4, 0.5) is 24.5 Å². The Kier molecular flexibility index (Phi) is 5.18. The minimum atomic E-state index is -4.27. The molecule has 0 aliphatic carbocycles. The van der Waals surface area contributed by atoms with Crippen molar-refractivity contribution in [1.82, 2.24) is 0 Å². The molecule has 0 saturated carbocycles. The van der Waals surface area contributed by atoms with Crippen molar-refractivity contribution in [1.29, 1.82) is 0 Å². The number of nitrogens with zero attached hydrogens (tertiary/aromatic N) is 1. The van der Waals surface area contributed by atoms with Crippen LogP contribution in [-0.4, -0.2) is 23.7 Å². The van der Waals surface area contributed by atoms with E-state index in [0.29, 0.717) is 5.69 Å². The fourth-order valence-corrected chi connectivity index (χ4v) is 1.71. The second kappa shape index (κ2) is 6.44. The Hall–Kier alpha value is -1.99. The van der Waals surface area contributed by atoms with Gasteiger partial charge < -0.3 is 10.1 Å². The first-order valence-corrected chi connectivity index (χ1v) is 5.97. The molecular weight excluding hydrogens is 277 g/mol. The lowest BCUT2D eigenvalue weighted by Crippen LogP contribution is -2.23. The fraction of sp³-hybridized carbons (Fsp3) is 0.500. The molecule has 0 radical (unpaired) electrons. The van der Waals surface area contributed by atoms with Crippen molar-refractivity contribution in [3.05, 3.63) is 28.3 Å². The van der Waals surface area contributed by atoms with Crippen molar-refractivity contribution in [2.45, 2.75) is 32.5 Å². The molecule has 0 aromatic heterocycles. The number of nitro benzene ring substituents is 1. The molecular formula is C12H15F3N2O3. The number of rotatable bonds is 6. The van der Waals surface area contributed by atoms with Gasteiger partial charge in [0.05, 0.1) is 18.0 Å². The van der Waals surface area contributed by atoms with E-state index >= 15 is 0 Å². The molecule has 1 rings (SSSR count). The van der Waals surface area contributed by atoms with Crippen molar-refractivity contribution in [2.24, 2.45) is 0 Å². The average Bonchev–Trinajstić information content (AvgIpc) is 2.26. The van der Waals surface area contributed by atoms with Crippen LogP contribution in [0.5, 0.6) is 5.75 Å². The van der Waals surface area contributed by atoms with Gasteiger partial charge in [0.15, 0.2) is 5.75 Å². The summed E-state index contributed by atoms with van der Waals surface area (Å²) in [5.74, 6) is 0.0294. The predicted molar refractivity (Wildman–Crippen MR) is 68.0 cm³/mol. The Morgan fingerprint density at radius 3 is 2.60 bits per heavy atom. The van der Waals surface area contributed by atoms with Gasteiger partial charge in [0.25, 0.3) is 0 Å². The summed E-state index contributed by atoms with van der Waals surface area (Å²) in [6.07, 6.45) is -5.26. The van der Waals surface area contributed by atoms with E-state index in [1.165, 1.54) is 25.1 Å². The van der Waals surface area contributed by atoms with Crippen molar-refractivity contribution in [3.63, 3.8) is 0 Å². The van der Waals surface area contributed by atoms with E-state index in [4.69, 9.17) is 4.74 Å². The van der Waals surface area contributed by atoms with E-state index in [0.717, 1.165) is 0 Å². The van der Waals surface area contributed by atoms with Crippen LogP contribution in [0.25, 0.3) is 0 Å². The van der Waals surface area contributed by atoms with Crippen LogP contribution in [0.3, 0.4) is 0 Å². The summed E-state index contributed by atoms with van der Waals surface area (Å²) in [6, 6.07) is 3.04. The molecule has 1 N–H and O–H groups in total. The lowest BCUT2D eigenvalue weighted by Gasteiger charge is -2.17. The van der Waals surface area contributed by atoms with Crippen LogP contribution in [0, 0.1) is 10.1 Å². The van der Waals surface area contributed by atoms with Crippen LogP contribution >= 0.6 is 0 Å². The molecule has 0 heterocycles. The van der Waals surface area contributed by atoms with Gasteiger partial charge >= 0.3 is 11.9 Å². The summed E-state index contributed by atoms with van der Waals surface area (Å²) in [5.41, 5.74) is 0.122. The maximum atomic E-state index is 12.2. The van der Waals surface area contributed by atoms with Gasteiger partial charge in [0.1, 0.15) is 0 Å². The van der Waals surface area contributed by atoms with Crippen LogP contribution in [0.15, 0.2) is 18.2 Å². The number of hydrogen-bond donors (Lipinski definition) is 1. The van der Waals surface area contributed by atoms with Gasteiger partial charge in [0.2, 0.25) is 0 Å². The molecule has 0 amide bonds. The van der Waals surface area contributed by atoms with E-state index in [1.807, 2.05) is 0 Å². The fourth-order valence-electron chi connectivity index (χ4n) is 1.71. The Morgan fingerprint density at radius 1 is 1.45 bits per heavy atom. The number of anilines is 1. The molecule has 0 bridgehead atoms. The third-order valence-corrected chi connectivity index (χ3v) is 2.41. The third kappa shape index (κ3) is 4.94. The van der Waals surface area contributed by atoms with Gasteiger partial charge in [-0.25, -0.2) is 0 Å². The number of hydrogen-bond acceptors (Lipinski definition) is 4. The lowest BCUT2D eigenvalue weighted by atomic mass is 10.2. The molecule has 1 unspecified atom stereocenters. The minimum Gasteiger partial charge on any atom is -0.487 e. The molecule has 0 aliphatic heterocycles.